The second kappa shape index (κ2) is 2.99. The maximum Gasteiger partial charge on any atom is 0.173 e. The average molecular weight is 208 g/mol. The van der Waals surface area contributed by atoms with Crippen molar-refractivity contribution in [2.45, 2.75) is 6.92 Å². The van der Waals surface area contributed by atoms with Crippen LogP contribution in [0.1, 0.15) is 16.6 Å². The number of thiophene rings is 1. The normalized spacial score (nSPS) is 10.6. The molecule has 2 rings (SSSR count). The lowest BCUT2D eigenvalue weighted by Crippen LogP contribution is -1.85. The molecule has 4 heteroatoms. The summed E-state index contributed by atoms with van der Waals surface area (Å²) < 4.78 is 0.797. The highest BCUT2D eigenvalue weighted by Gasteiger charge is 2.14. The fraction of sp³-hybridized carbons (Fsp3) is 0.100. The minimum absolute atomic E-state index is 0.0339. The summed E-state index contributed by atoms with van der Waals surface area (Å²) in [5.74, 6) is -0.114. The van der Waals surface area contributed by atoms with Crippen molar-refractivity contribution in [3.05, 3.63) is 23.1 Å². The Morgan fingerprint density at radius 2 is 2.07 bits per heavy atom. The molecule has 0 radical (unpaired) electrons. The molecule has 0 saturated carbocycles. The number of hydrogen-bond donors (Lipinski definition) is 2. The summed E-state index contributed by atoms with van der Waals surface area (Å²) in [6, 6.07) is 4.66. The van der Waals surface area contributed by atoms with E-state index in [1.54, 1.807) is 6.07 Å². The molecular formula is C10H8O3S. The van der Waals surface area contributed by atoms with Crippen molar-refractivity contribution in [1.29, 1.82) is 0 Å². The minimum Gasteiger partial charge on any atom is -0.508 e. The smallest absolute Gasteiger partial charge is 0.173 e. The van der Waals surface area contributed by atoms with Gasteiger partial charge in [-0.1, -0.05) is 0 Å². The monoisotopic (exact) mass is 208 g/mol. The molecule has 0 bridgehead atoms. The van der Waals surface area contributed by atoms with Gasteiger partial charge in [0.05, 0.1) is 0 Å². The van der Waals surface area contributed by atoms with E-state index in [0.29, 0.717) is 10.3 Å². The lowest BCUT2D eigenvalue weighted by molar-refractivity contribution is 0.101. The standard InChI is InChI=1S/C10H8O3S/c1-5(11)10-9(13)7-4-6(12)2-3-8(7)14-10/h2-4,12-13H,1H3. The van der Waals surface area contributed by atoms with Crippen LogP contribution in [0.2, 0.25) is 0 Å². The molecule has 1 aromatic heterocycles. The maximum absolute atomic E-state index is 11.1. The Hall–Kier alpha value is -1.55. The molecule has 2 N–H and O–H groups in total. The zero-order chi connectivity index (χ0) is 10.3. The van der Waals surface area contributed by atoms with E-state index in [2.05, 4.69) is 0 Å². The van der Waals surface area contributed by atoms with Crippen molar-refractivity contribution >= 4 is 27.2 Å². The minimum atomic E-state index is -0.164. The van der Waals surface area contributed by atoms with Crippen LogP contribution in [0.25, 0.3) is 10.1 Å². The fourth-order valence-corrected chi connectivity index (χ4v) is 2.28. The first-order chi connectivity index (χ1) is 6.59. The summed E-state index contributed by atoms with van der Waals surface area (Å²) in [6.07, 6.45) is 0. The number of carbonyl (C=O) groups is 1. The second-order valence-electron chi connectivity index (χ2n) is 3.02. The van der Waals surface area contributed by atoms with Crippen molar-refractivity contribution in [3.8, 4) is 11.5 Å². The summed E-state index contributed by atoms with van der Waals surface area (Å²) in [4.78, 5) is 11.4. The molecule has 0 aliphatic rings. The Bertz CT molecular complexity index is 513. The number of fused-ring (bicyclic) bond motifs is 1. The number of hydrogen-bond acceptors (Lipinski definition) is 4. The highest BCUT2D eigenvalue weighted by molar-refractivity contribution is 7.21. The highest BCUT2D eigenvalue weighted by Crippen LogP contribution is 2.38. The molecule has 0 aliphatic heterocycles. The number of phenolic OH excluding ortho intramolecular Hbond substituents is 1. The van der Waals surface area contributed by atoms with Crippen LogP contribution >= 0.6 is 11.3 Å². The van der Waals surface area contributed by atoms with Crippen LogP contribution < -0.4 is 0 Å². The summed E-state index contributed by atoms with van der Waals surface area (Å²) in [5, 5.41) is 19.4. The first kappa shape index (κ1) is 9.02. The van der Waals surface area contributed by atoms with Crippen molar-refractivity contribution < 1.29 is 15.0 Å². The Morgan fingerprint density at radius 1 is 1.36 bits per heavy atom. The van der Waals surface area contributed by atoms with E-state index in [9.17, 15) is 15.0 Å². The van der Waals surface area contributed by atoms with Crippen LogP contribution in [0, 0.1) is 0 Å². The number of ketones is 1. The maximum atomic E-state index is 11.1. The molecule has 0 atom stereocenters. The number of Topliss-reactive ketones (excluding diaryl/α,β-unsaturated/α-hetero) is 1. The quantitative estimate of drug-likeness (QED) is 0.708. The molecule has 0 fully saturated rings. The molecule has 1 aromatic carbocycles. The first-order valence-corrected chi connectivity index (χ1v) is 4.86. The second-order valence-corrected chi connectivity index (χ2v) is 4.07. The predicted molar refractivity (Wildman–Crippen MR) is 55.2 cm³/mol. The third-order valence-corrected chi connectivity index (χ3v) is 3.23. The Labute approximate surface area is 84.2 Å². The number of benzene rings is 1. The molecular weight excluding hydrogens is 200 g/mol. The largest absolute Gasteiger partial charge is 0.508 e. The van der Waals surface area contributed by atoms with E-state index in [0.717, 1.165) is 4.70 Å². The highest BCUT2D eigenvalue weighted by atomic mass is 32.1. The van der Waals surface area contributed by atoms with Gasteiger partial charge in [0.2, 0.25) is 0 Å². The molecule has 0 aliphatic carbocycles. The summed E-state index contributed by atoms with van der Waals surface area (Å²) in [6.45, 7) is 1.41. The summed E-state index contributed by atoms with van der Waals surface area (Å²) in [5.41, 5.74) is 0. The Morgan fingerprint density at radius 3 is 2.71 bits per heavy atom. The SMILES string of the molecule is CC(=O)c1sc2ccc(O)cc2c1O. The molecule has 2 aromatic rings. The van der Waals surface area contributed by atoms with Gasteiger partial charge in [0, 0.05) is 17.0 Å². The molecule has 0 unspecified atom stereocenters. The van der Waals surface area contributed by atoms with Gasteiger partial charge in [-0.15, -0.1) is 11.3 Å². The van der Waals surface area contributed by atoms with Crippen LogP contribution in [-0.2, 0) is 0 Å². The summed E-state index contributed by atoms with van der Waals surface area (Å²) in [7, 11) is 0. The van der Waals surface area contributed by atoms with Crippen LogP contribution in [-0.4, -0.2) is 16.0 Å². The predicted octanol–water partition coefficient (Wildman–Crippen LogP) is 2.52. The van der Waals surface area contributed by atoms with E-state index in [1.807, 2.05) is 0 Å². The molecule has 3 nitrogen and oxygen atoms in total. The molecule has 0 amide bonds. The van der Waals surface area contributed by atoms with Gasteiger partial charge in [0.25, 0.3) is 0 Å². The van der Waals surface area contributed by atoms with Crippen molar-refractivity contribution in [2.75, 3.05) is 0 Å². The molecule has 0 spiro atoms. The average Bonchev–Trinajstić information content (AvgIpc) is 2.44. The molecule has 14 heavy (non-hydrogen) atoms. The van der Waals surface area contributed by atoms with Gasteiger partial charge in [0.1, 0.15) is 16.4 Å². The number of carbonyl (C=O) groups excluding carboxylic acids is 1. The number of aromatic hydroxyl groups is 2. The lowest BCUT2D eigenvalue weighted by Gasteiger charge is -1.92. The summed E-state index contributed by atoms with van der Waals surface area (Å²) >= 11 is 1.23. The van der Waals surface area contributed by atoms with E-state index in [1.165, 1.54) is 30.4 Å². The van der Waals surface area contributed by atoms with Crippen LogP contribution in [0.4, 0.5) is 0 Å². The van der Waals surface area contributed by atoms with Gasteiger partial charge in [-0.25, -0.2) is 0 Å². The third kappa shape index (κ3) is 1.24. The molecule has 72 valence electrons. The Kier molecular flexibility index (Phi) is 1.93. The zero-order valence-corrected chi connectivity index (χ0v) is 8.26. The van der Waals surface area contributed by atoms with Crippen molar-refractivity contribution in [1.82, 2.24) is 0 Å². The Balaban J connectivity index is 2.80. The van der Waals surface area contributed by atoms with Gasteiger partial charge in [-0.2, -0.15) is 0 Å². The zero-order valence-electron chi connectivity index (χ0n) is 7.44. The van der Waals surface area contributed by atoms with E-state index in [-0.39, 0.29) is 17.3 Å². The molecule has 1 heterocycles. The number of rotatable bonds is 1. The van der Waals surface area contributed by atoms with Crippen molar-refractivity contribution in [3.63, 3.8) is 0 Å². The van der Waals surface area contributed by atoms with Gasteiger partial charge in [-0.3, -0.25) is 4.79 Å². The van der Waals surface area contributed by atoms with Gasteiger partial charge >= 0.3 is 0 Å². The fourth-order valence-electron chi connectivity index (χ4n) is 1.31. The van der Waals surface area contributed by atoms with Crippen LogP contribution in [0.5, 0.6) is 11.5 Å². The number of phenols is 1. The van der Waals surface area contributed by atoms with E-state index in [4.69, 9.17) is 0 Å². The topological polar surface area (TPSA) is 57.5 Å². The van der Waals surface area contributed by atoms with Gasteiger partial charge < -0.3 is 10.2 Å². The third-order valence-electron chi connectivity index (χ3n) is 1.97. The van der Waals surface area contributed by atoms with Gasteiger partial charge in [0.15, 0.2) is 5.78 Å². The van der Waals surface area contributed by atoms with E-state index >= 15 is 0 Å². The van der Waals surface area contributed by atoms with E-state index < -0.39 is 0 Å². The van der Waals surface area contributed by atoms with Crippen molar-refractivity contribution in [2.24, 2.45) is 0 Å². The lowest BCUT2D eigenvalue weighted by atomic mass is 10.2. The van der Waals surface area contributed by atoms with Gasteiger partial charge in [-0.05, 0) is 18.2 Å². The molecule has 0 saturated heterocycles. The van der Waals surface area contributed by atoms with Crippen LogP contribution in [0.15, 0.2) is 18.2 Å². The van der Waals surface area contributed by atoms with Crippen LogP contribution in [0.3, 0.4) is 0 Å². The first-order valence-electron chi connectivity index (χ1n) is 4.05.